The summed E-state index contributed by atoms with van der Waals surface area (Å²) in [6, 6.07) is 2.87. The number of sulfone groups is 1. The first-order valence-electron chi connectivity index (χ1n) is 8.51. The Morgan fingerprint density at radius 2 is 2.00 bits per heavy atom. The van der Waals surface area contributed by atoms with Gasteiger partial charge in [-0.25, -0.2) is 13.1 Å². The zero-order chi connectivity index (χ0) is 20.4. The molecule has 2 N–H and O–H groups in total. The Labute approximate surface area is 159 Å². The fourth-order valence-electron chi connectivity index (χ4n) is 2.93. The number of carbonyl (C=O) groups excluding carboxylic acids is 1. The number of carbonyl (C=O) groups is 1. The highest BCUT2D eigenvalue weighted by molar-refractivity contribution is 7.90. The van der Waals surface area contributed by atoms with Crippen LogP contribution in [0.1, 0.15) is 34.1 Å². The number of nitrogens with zero attached hydrogens (tertiary/aromatic N) is 2. The third kappa shape index (κ3) is 4.14. The molecule has 0 saturated heterocycles. The van der Waals surface area contributed by atoms with Crippen LogP contribution in [0.25, 0.3) is 0 Å². The maximum absolute atomic E-state index is 13.1. The fraction of sp³-hybridized carbons (Fsp3) is 0.444. The molecular weight excluding hydrogens is 370 g/mol. The number of nitrogens with one attached hydrogen (secondary N) is 1. The Morgan fingerprint density at radius 3 is 2.52 bits per heavy atom. The smallest absolute Gasteiger partial charge is 0.221 e. The van der Waals surface area contributed by atoms with E-state index >= 15 is 0 Å². The molecule has 1 aromatic heterocycles. The third-order valence-corrected chi connectivity index (χ3v) is 5.45. The number of hydrogen-bond donors (Lipinski definition) is 2. The first-order chi connectivity index (χ1) is 12.6. The van der Waals surface area contributed by atoms with Crippen LogP contribution < -0.4 is 5.32 Å². The predicted molar refractivity (Wildman–Crippen MR) is 102 cm³/mol. The second kappa shape index (κ2) is 8.10. The number of hydrogen-bond acceptors (Lipinski definition) is 7. The molecule has 0 amide bonds. The highest BCUT2D eigenvalue weighted by Crippen LogP contribution is 2.32. The second-order valence-corrected chi connectivity index (χ2v) is 8.22. The first kappa shape index (κ1) is 20.9. The molecule has 0 aliphatic carbocycles. The quantitative estimate of drug-likeness (QED) is 0.519. The van der Waals surface area contributed by atoms with Gasteiger partial charge in [-0.05, 0) is 38.5 Å². The Kier molecular flexibility index (Phi) is 6.27. The third-order valence-electron chi connectivity index (χ3n) is 4.31. The van der Waals surface area contributed by atoms with Gasteiger partial charge in [0.1, 0.15) is 5.56 Å². The first-order valence-corrected chi connectivity index (χ1v) is 10.4. The summed E-state index contributed by atoms with van der Waals surface area (Å²) < 4.78 is 30.6. The molecular formula is C18H25N3O5S. The molecule has 1 aromatic carbocycles. The number of ether oxygens (including phenoxy) is 1. The van der Waals surface area contributed by atoms with Crippen LogP contribution in [0.4, 0.5) is 5.69 Å². The molecule has 0 fully saturated rings. The maximum atomic E-state index is 13.1. The van der Waals surface area contributed by atoms with Crippen molar-refractivity contribution in [2.24, 2.45) is 0 Å². The van der Waals surface area contributed by atoms with E-state index in [0.29, 0.717) is 42.2 Å². The van der Waals surface area contributed by atoms with Gasteiger partial charge in [-0.2, -0.15) is 5.10 Å². The van der Waals surface area contributed by atoms with Crippen LogP contribution in [0.5, 0.6) is 5.88 Å². The molecule has 9 heteroatoms. The SMILES string of the molecule is CCn1nc(C)c(C(=O)c2ccc(S(C)(=O)=O)c(NCCOC)c2C)c1O. The van der Waals surface area contributed by atoms with Crippen molar-refractivity contribution in [3.05, 3.63) is 34.5 Å². The molecule has 0 saturated carbocycles. The van der Waals surface area contributed by atoms with E-state index in [0.717, 1.165) is 6.26 Å². The molecule has 0 radical (unpaired) electrons. The molecule has 2 aromatic rings. The molecule has 1 heterocycles. The minimum Gasteiger partial charge on any atom is -0.493 e. The number of rotatable bonds is 8. The van der Waals surface area contributed by atoms with Crippen molar-refractivity contribution < 1.29 is 23.1 Å². The highest BCUT2D eigenvalue weighted by atomic mass is 32.2. The van der Waals surface area contributed by atoms with Crippen molar-refractivity contribution in [3.8, 4) is 5.88 Å². The molecule has 27 heavy (non-hydrogen) atoms. The number of benzene rings is 1. The lowest BCUT2D eigenvalue weighted by atomic mass is 9.98. The van der Waals surface area contributed by atoms with Crippen LogP contribution in [0.3, 0.4) is 0 Å². The Hall–Kier alpha value is -2.39. The molecule has 0 bridgehead atoms. The molecule has 0 aliphatic rings. The van der Waals surface area contributed by atoms with Gasteiger partial charge in [0.25, 0.3) is 0 Å². The van der Waals surface area contributed by atoms with E-state index < -0.39 is 15.6 Å². The van der Waals surface area contributed by atoms with Crippen LogP contribution >= 0.6 is 0 Å². The molecule has 2 rings (SSSR count). The van der Waals surface area contributed by atoms with E-state index in [1.165, 1.54) is 16.8 Å². The molecule has 0 unspecified atom stereocenters. The summed E-state index contributed by atoms with van der Waals surface area (Å²) in [5.74, 6) is -0.600. The standard InChI is InChI=1S/C18H25N3O5S/c1-6-21-18(23)15(12(3)20-21)17(22)13-7-8-14(27(5,24)25)16(11(13)2)19-9-10-26-4/h7-8,19,23H,6,9-10H2,1-5H3. The van der Waals surface area contributed by atoms with Crippen molar-refractivity contribution in [2.45, 2.75) is 32.2 Å². The average molecular weight is 395 g/mol. The summed E-state index contributed by atoms with van der Waals surface area (Å²) >= 11 is 0. The zero-order valence-corrected chi connectivity index (χ0v) is 17.0. The van der Waals surface area contributed by atoms with Gasteiger partial charge in [0.15, 0.2) is 9.84 Å². The van der Waals surface area contributed by atoms with Crippen molar-refractivity contribution in [3.63, 3.8) is 0 Å². The fourth-order valence-corrected chi connectivity index (χ4v) is 3.84. The van der Waals surface area contributed by atoms with Crippen molar-refractivity contribution in [1.82, 2.24) is 9.78 Å². The molecule has 0 aliphatic heterocycles. The maximum Gasteiger partial charge on any atom is 0.221 e. The largest absolute Gasteiger partial charge is 0.493 e. The van der Waals surface area contributed by atoms with Crippen LogP contribution in [0.2, 0.25) is 0 Å². The van der Waals surface area contributed by atoms with Gasteiger partial charge in [-0.1, -0.05) is 0 Å². The summed E-state index contributed by atoms with van der Waals surface area (Å²) in [4.78, 5) is 13.2. The van der Waals surface area contributed by atoms with Gasteiger partial charge >= 0.3 is 0 Å². The number of aromatic hydroxyl groups is 1. The van der Waals surface area contributed by atoms with E-state index in [9.17, 15) is 18.3 Å². The van der Waals surface area contributed by atoms with E-state index in [1.54, 1.807) is 21.0 Å². The topological polar surface area (TPSA) is 111 Å². The van der Waals surface area contributed by atoms with Crippen molar-refractivity contribution >= 4 is 21.3 Å². The minimum absolute atomic E-state index is 0.109. The van der Waals surface area contributed by atoms with Crippen LogP contribution in [-0.2, 0) is 21.1 Å². The molecule has 0 atom stereocenters. The lowest BCUT2D eigenvalue weighted by Gasteiger charge is -2.16. The van der Waals surface area contributed by atoms with Gasteiger partial charge in [0.05, 0.1) is 22.9 Å². The number of aromatic nitrogens is 2. The highest BCUT2D eigenvalue weighted by Gasteiger charge is 2.26. The van der Waals surface area contributed by atoms with Crippen LogP contribution in [-0.4, -0.2) is 55.6 Å². The lowest BCUT2D eigenvalue weighted by Crippen LogP contribution is -2.15. The van der Waals surface area contributed by atoms with Crippen LogP contribution in [0, 0.1) is 13.8 Å². The zero-order valence-electron chi connectivity index (χ0n) is 16.2. The molecule has 148 valence electrons. The summed E-state index contributed by atoms with van der Waals surface area (Å²) in [6.45, 7) is 6.32. The van der Waals surface area contributed by atoms with Gasteiger partial charge < -0.3 is 15.2 Å². The van der Waals surface area contributed by atoms with Gasteiger partial charge in [-0.15, -0.1) is 0 Å². The monoisotopic (exact) mass is 395 g/mol. The summed E-state index contributed by atoms with van der Waals surface area (Å²) in [5.41, 5.74) is 1.69. The Balaban J connectivity index is 2.60. The molecule has 0 spiro atoms. The Bertz CT molecular complexity index is 964. The minimum atomic E-state index is -3.50. The number of aryl methyl sites for hydroxylation is 2. The van der Waals surface area contributed by atoms with Gasteiger partial charge in [0.2, 0.25) is 11.7 Å². The van der Waals surface area contributed by atoms with E-state index in [2.05, 4.69) is 10.4 Å². The van der Waals surface area contributed by atoms with E-state index in [4.69, 9.17) is 4.74 Å². The summed E-state index contributed by atoms with van der Waals surface area (Å²) in [5, 5.41) is 17.5. The van der Waals surface area contributed by atoms with Crippen LogP contribution in [0.15, 0.2) is 17.0 Å². The number of anilines is 1. The van der Waals surface area contributed by atoms with Gasteiger partial charge in [0, 0.05) is 32.0 Å². The summed E-state index contributed by atoms with van der Waals surface area (Å²) in [7, 11) is -1.95. The lowest BCUT2D eigenvalue weighted by molar-refractivity contribution is 0.103. The van der Waals surface area contributed by atoms with Gasteiger partial charge in [-0.3, -0.25) is 4.79 Å². The Morgan fingerprint density at radius 1 is 1.33 bits per heavy atom. The van der Waals surface area contributed by atoms with E-state index in [-0.39, 0.29) is 16.3 Å². The van der Waals surface area contributed by atoms with E-state index in [1.807, 2.05) is 6.92 Å². The summed E-state index contributed by atoms with van der Waals surface area (Å²) in [6.07, 6.45) is 1.12. The van der Waals surface area contributed by atoms with Crippen molar-refractivity contribution in [1.29, 1.82) is 0 Å². The van der Waals surface area contributed by atoms with Crippen molar-refractivity contribution in [2.75, 3.05) is 31.8 Å². The predicted octanol–water partition coefficient (Wildman–Crippen LogP) is 1.92. The number of methoxy groups -OCH3 is 1. The molecule has 8 nitrogen and oxygen atoms in total. The normalized spacial score (nSPS) is 11.6. The average Bonchev–Trinajstić information content (AvgIpc) is 2.88. The number of ketones is 1. The second-order valence-electron chi connectivity index (χ2n) is 6.23.